The summed E-state index contributed by atoms with van der Waals surface area (Å²) < 4.78 is 9.79. The van der Waals surface area contributed by atoms with E-state index < -0.39 is 12.0 Å². The Morgan fingerprint density at radius 1 is 1.11 bits per heavy atom. The molecule has 0 N–H and O–H groups in total. The van der Waals surface area contributed by atoms with Gasteiger partial charge >= 0.3 is 5.97 Å². The molecule has 1 aromatic carbocycles. The highest BCUT2D eigenvalue weighted by molar-refractivity contribution is 7.10. The lowest BCUT2D eigenvalue weighted by Gasteiger charge is -2.23. The Morgan fingerprint density at radius 2 is 1.89 bits per heavy atom. The fourth-order valence-corrected chi connectivity index (χ4v) is 6.71. The van der Waals surface area contributed by atoms with E-state index in [4.69, 9.17) is 4.74 Å². The SMILES string of the molecule is CCOC(=O)C1=C(C)N=c2s/c(=C/c3cc(C)n(-c4ccc(C)c(C)c4)c3C)c(=O)n2[C@@H]1c1cccs1. The highest BCUT2D eigenvalue weighted by atomic mass is 32.1. The van der Waals surface area contributed by atoms with Crippen molar-refractivity contribution in [3.63, 3.8) is 0 Å². The molecule has 37 heavy (non-hydrogen) atoms. The van der Waals surface area contributed by atoms with Gasteiger partial charge in [-0.3, -0.25) is 9.36 Å². The number of aromatic nitrogens is 2. The van der Waals surface area contributed by atoms with Crippen molar-refractivity contribution in [1.82, 2.24) is 9.13 Å². The Morgan fingerprint density at radius 3 is 2.57 bits per heavy atom. The summed E-state index contributed by atoms with van der Waals surface area (Å²) in [5, 5.41) is 1.95. The third-order valence-electron chi connectivity index (χ3n) is 6.84. The molecule has 8 heteroatoms. The molecule has 0 amide bonds. The second-order valence-electron chi connectivity index (χ2n) is 9.25. The highest BCUT2D eigenvalue weighted by Gasteiger charge is 2.33. The Bertz CT molecular complexity index is 1730. The van der Waals surface area contributed by atoms with Crippen LogP contribution in [0.15, 0.2) is 62.8 Å². The summed E-state index contributed by atoms with van der Waals surface area (Å²) >= 11 is 2.86. The molecule has 0 radical (unpaired) electrons. The van der Waals surface area contributed by atoms with Crippen LogP contribution in [-0.4, -0.2) is 21.7 Å². The molecule has 3 aromatic heterocycles. The van der Waals surface area contributed by atoms with Crippen molar-refractivity contribution in [3.8, 4) is 5.69 Å². The number of carbonyl (C=O) groups excluding carboxylic acids is 1. The minimum Gasteiger partial charge on any atom is -0.463 e. The maximum absolute atomic E-state index is 13.8. The number of rotatable bonds is 5. The first-order chi connectivity index (χ1) is 17.7. The van der Waals surface area contributed by atoms with Crippen LogP contribution in [0.2, 0.25) is 0 Å². The van der Waals surface area contributed by atoms with E-state index in [9.17, 15) is 9.59 Å². The number of hydrogen-bond acceptors (Lipinski definition) is 6. The summed E-state index contributed by atoms with van der Waals surface area (Å²) in [5.41, 5.74) is 7.57. The summed E-state index contributed by atoms with van der Waals surface area (Å²) in [4.78, 5) is 32.9. The fourth-order valence-electron chi connectivity index (χ4n) is 4.84. The van der Waals surface area contributed by atoms with Gasteiger partial charge in [-0.2, -0.15) is 0 Å². The first-order valence-electron chi connectivity index (χ1n) is 12.2. The molecule has 0 unspecified atom stereocenters. The third-order valence-corrected chi connectivity index (χ3v) is 8.74. The van der Waals surface area contributed by atoms with Crippen LogP contribution < -0.4 is 14.9 Å². The second kappa shape index (κ2) is 9.76. The molecule has 1 atom stereocenters. The first kappa shape index (κ1) is 25.2. The molecule has 1 aliphatic rings. The van der Waals surface area contributed by atoms with E-state index >= 15 is 0 Å². The molecule has 0 saturated carbocycles. The Kier molecular flexibility index (Phi) is 6.64. The predicted octanol–water partition coefficient (Wildman–Crippen LogP) is 4.88. The average Bonchev–Trinajstić information content (AvgIpc) is 3.55. The number of aryl methyl sites for hydroxylation is 3. The van der Waals surface area contributed by atoms with Crippen LogP contribution in [0.25, 0.3) is 11.8 Å². The van der Waals surface area contributed by atoms with Gasteiger partial charge in [-0.1, -0.05) is 23.5 Å². The fraction of sp³-hybridized carbons (Fsp3) is 0.276. The number of fused-ring (bicyclic) bond motifs is 1. The van der Waals surface area contributed by atoms with Crippen molar-refractivity contribution in [2.24, 2.45) is 4.99 Å². The van der Waals surface area contributed by atoms with Gasteiger partial charge in [0.2, 0.25) is 0 Å². The minimum absolute atomic E-state index is 0.160. The van der Waals surface area contributed by atoms with Crippen LogP contribution >= 0.6 is 22.7 Å². The number of ether oxygens (including phenoxy) is 1. The lowest BCUT2D eigenvalue weighted by Crippen LogP contribution is -2.39. The summed E-state index contributed by atoms with van der Waals surface area (Å²) in [6.45, 7) is 12.2. The lowest BCUT2D eigenvalue weighted by molar-refractivity contribution is -0.139. The first-order valence-corrected chi connectivity index (χ1v) is 13.9. The molecule has 6 nitrogen and oxygen atoms in total. The van der Waals surface area contributed by atoms with E-state index in [0.29, 0.717) is 20.6 Å². The van der Waals surface area contributed by atoms with Crippen molar-refractivity contribution < 1.29 is 9.53 Å². The van der Waals surface area contributed by atoms with Crippen LogP contribution in [0.3, 0.4) is 0 Å². The zero-order chi connectivity index (χ0) is 26.4. The van der Waals surface area contributed by atoms with Gasteiger partial charge in [0.1, 0.15) is 6.04 Å². The molecule has 0 bridgehead atoms. The van der Waals surface area contributed by atoms with Gasteiger partial charge in [-0.25, -0.2) is 9.79 Å². The van der Waals surface area contributed by atoms with Gasteiger partial charge < -0.3 is 9.30 Å². The predicted molar refractivity (Wildman–Crippen MR) is 149 cm³/mol. The number of thiazole rings is 1. The van der Waals surface area contributed by atoms with Crippen molar-refractivity contribution in [2.45, 2.75) is 47.6 Å². The second-order valence-corrected chi connectivity index (χ2v) is 11.2. The number of esters is 1. The highest BCUT2D eigenvalue weighted by Crippen LogP contribution is 2.33. The number of thiophene rings is 1. The lowest BCUT2D eigenvalue weighted by atomic mass is 10.0. The molecular weight excluding hydrogens is 502 g/mol. The van der Waals surface area contributed by atoms with E-state index in [1.807, 2.05) is 23.6 Å². The molecule has 0 fully saturated rings. The monoisotopic (exact) mass is 531 g/mol. The summed E-state index contributed by atoms with van der Waals surface area (Å²) in [6, 6.07) is 11.9. The van der Waals surface area contributed by atoms with Gasteiger partial charge in [0.15, 0.2) is 4.80 Å². The quantitative estimate of drug-likeness (QED) is 0.345. The van der Waals surface area contributed by atoms with Crippen molar-refractivity contribution in [1.29, 1.82) is 0 Å². The number of carbonyl (C=O) groups is 1. The number of hydrogen-bond donors (Lipinski definition) is 0. The number of benzene rings is 1. The molecule has 0 spiro atoms. The smallest absolute Gasteiger partial charge is 0.338 e. The van der Waals surface area contributed by atoms with Gasteiger partial charge in [-0.15, -0.1) is 11.3 Å². The zero-order valence-electron chi connectivity index (χ0n) is 21.8. The zero-order valence-corrected chi connectivity index (χ0v) is 23.4. The van der Waals surface area contributed by atoms with E-state index in [2.05, 4.69) is 61.5 Å². The van der Waals surface area contributed by atoms with Crippen molar-refractivity contribution >= 4 is 34.7 Å². The van der Waals surface area contributed by atoms with Crippen molar-refractivity contribution in [3.05, 3.63) is 106 Å². The Hall–Kier alpha value is -3.49. The van der Waals surface area contributed by atoms with Crippen LogP contribution in [0.4, 0.5) is 0 Å². The molecule has 1 aliphatic heterocycles. The summed E-state index contributed by atoms with van der Waals surface area (Å²) in [5.74, 6) is -0.437. The van der Waals surface area contributed by atoms with Gasteiger partial charge in [0.25, 0.3) is 5.56 Å². The maximum atomic E-state index is 13.8. The van der Waals surface area contributed by atoms with Crippen LogP contribution in [0, 0.1) is 27.7 Å². The van der Waals surface area contributed by atoms with Crippen LogP contribution in [0.5, 0.6) is 0 Å². The summed E-state index contributed by atoms with van der Waals surface area (Å²) in [7, 11) is 0. The Labute approximate surface area is 223 Å². The normalized spacial score (nSPS) is 15.6. The van der Waals surface area contributed by atoms with Gasteiger partial charge in [-0.05, 0) is 94.0 Å². The molecule has 4 heterocycles. The number of allylic oxidation sites excluding steroid dienone is 1. The van der Waals surface area contributed by atoms with E-state index in [0.717, 1.165) is 27.5 Å². The Balaban J connectivity index is 1.67. The molecule has 0 saturated heterocycles. The van der Waals surface area contributed by atoms with E-state index in [-0.39, 0.29) is 12.2 Å². The minimum atomic E-state index is -0.555. The van der Waals surface area contributed by atoms with Crippen molar-refractivity contribution in [2.75, 3.05) is 6.61 Å². The van der Waals surface area contributed by atoms with E-state index in [1.165, 1.54) is 33.8 Å². The van der Waals surface area contributed by atoms with Gasteiger partial charge in [0, 0.05) is 22.0 Å². The standard InChI is InChI=1S/C29H29N3O3S2/c1-7-35-28(34)25-19(5)30-29-32(26(25)23-9-8-12-36-23)27(33)24(37-29)15-21-14-18(4)31(20(21)6)22-11-10-16(2)17(3)13-22/h8-15,26H,7H2,1-6H3/b24-15+/t26-/m1/s1. The summed E-state index contributed by atoms with van der Waals surface area (Å²) in [6.07, 6.45) is 1.94. The van der Waals surface area contributed by atoms with Gasteiger partial charge in [0.05, 0.1) is 22.4 Å². The molecule has 0 aliphatic carbocycles. The van der Waals surface area contributed by atoms with Crippen LogP contribution in [0.1, 0.15) is 52.8 Å². The largest absolute Gasteiger partial charge is 0.463 e. The topological polar surface area (TPSA) is 65.6 Å². The molecule has 190 valence electrons. The average molecular weight is 532 g/mol. The van der Waals surface area contributed by atoms with E-state index in [1.54, 1.807) is 18.4 Å². The molecule has 4 aromatic rings. The van der Waals surface area contributed by atoms with Crippen LogP contribution in [-0.2, 0) is 9.53 Å². The molecular formula is C29H29N3O3S2. The maximum Gasteiger partial charge on any atom is 0.338 e. The number of nitrogens with zero attached hydrogens (tertiary/aromatic N) is 3. The molecule has 5 rings (SSSR count). The third kappa shape index (κ3) is 4.34.